The molecule has 8 atom stereocenters. The van der Waals surface area contributed by atoms with E-state index in [-0.39, 0.29) is 24.0 Å². The van der Waals surface area contributed by atoms with E-state index in [0.717, 1.165) is 0 Å². The van der Waals surface area contributed by atoms with Gasteiger partial charge in [-0.2, -0.15) is 0 Å². The summed E-state index contributed by atoms with van der Waals surface area (Å²) in [7, 11) is 0. The number of ether oxygens (including phenoxy) is 3. The number of ketones is 1. The van der Waals surface area contributed by atoms with Crippen molar-refractivity contribution in [2.45, 2.75) is 90.8 Å². The predicted octanol–water partition coefficient (Wildman–Crippen LogP) is 2.03. The molecule has 0 bridgehead atoms. The van der Waals surface area contributed by atoms with Crippen LogP contribution in [0.15, 0.2) is 23.8 Å². The topological polar surface area (TPSA) is 136 Å². The molecule has 2 fully saturated rings. The largest absolute Gasteiger partial charge is 0.455 e. The summed E-state index contributed by atoms with van der Waals surface area (Å²) in [5.41, 5.74) is -1.70. The van der Waals surface area contributed by atoms with Crippen LogP contribution in [0, 0.1) is 17.8 Å². The van der Waals surface area contributed by atoms with E-state index in [0.29, 0.717) is 6.42 Å². The summed E-state index contributed by atoms with van der Waals surface area (Å²) < 4.78 is 16.7. The molecule has 2 rings (SSSR count). The van der Waals surface area contributed by atoms with Crippen LogP contribution in [-0.4, -0.2) is 63.9 Å². The molecule has 1 saturated carbocycles. The number of rotatable bonds is 5. The maximum Gasteiger partial charge on any atom is 0.334 e. The summed E-state index contributed by atoms with van der Waals surface area (Å²) in [6.07, 6.45) is -3.71. The van der Waals surface area contributed by atoms with Gasteiger partial charge >= 0.3 is 17.9 Å². The molecular formula is C25H36O9. The highest BCUT2D eigenvalue weighted by molar-refractivity contribution is 5.96. The van der Waals surface area contributed by atoms with Gasteiger partial charge in [0.2, 0.25) is 0 Å². The van der Waals surface area contributed by atoms with Gasteiger partial charge in [0.25, 0.3) is 0 Å². The molecule has 9 nitrogen and oxygen atoms in total. The molecule has 1 aliphatic carbocycles. The molecule has 0 radical (unpaired) electrons. The molecule has 0 amide bonds. The number of hydrogen-bond donors (Lipinski definition) is 2. The molecule has 1 saturated heterocycles. The quantitative estimate of drug-likeness (QED) is 0.344. The fourth-order valence-corrected chi connectivity index (χ4v) is 4.28. The lowest BCUT2D eigenvalue weighted by atomic mass is 9.75. The number of aliphatic hydroxyl groups is 2. The molecule has 2 aliphatic rings. The van der Waals surface area contributed by atoms with Gasteiger partial charge in [-0.15, -0.1) is 0 Å². The summed E-state index contributed by atoms with van der Waals surface area (Å²) >= 11 is 0. The zero-order chi connectivity index (χ0) is 26.0. The minimum absolute atomic E-state index is 0.0314. The fourth-order valence-electron chi connectivity index (χ4n) is 4.28. The van der Waals surface area contributed by atoms with Gasteiger partial charge < -0.3 is 24.4 Å². The minimum atomic E-state index is -1.83. The Bertz CT molecular complexity index is 872. The third kappa shape index (κ3) is 5.75. The van der Waals surface area contributed by atoms with E-state index >= 15 is 0 Å². The van der Waals surface area contributed by atoms with Crippen LogP contribution >= 0.6 is 0 Å². The molecule has 0 spiro atoms. The molecule has 0 aromatic carbocycles. The highest BCUT2D eigenvalue weighted by atomic mass is 16.6. The number of aliphatic hydroxyl groups excluding tert-OH is 1. The summed E-state index contributed by atoms with van der Waals surface area (Å²) in [5.74, 6) is -5.24. The molecule has 8 unspecified atom stereocenters. The van der Waals surface area contributed by atoms with Gasteiger partial charge in [0.05, 0.1) is 17.9 Å². The summed E-state index contributed by atoms with van der Waals surface area (Å²) in [5, 5.41) is 21.9. The Morgan fingerprint density at radius 1 is 1.32 bits per heavy atom. The van der Waals surface area contributed by atoms with Crippen molar-refractivity contribution >= 4 is 23.7 Å². The third-order valence-corrected chi connectivity index (χ3v) is 6.79. The van der Waals surface area contributed by atoms with E-state index in [1.54, 1.807) is 27.7 Å². The normalized spacial score (nSPS) is 35.8. The lowest BCUT2D eigenvalue weighted by molar-refractivity contribution is -0.199. The number of fused-ring (bicyclic) bond motifs is 1. The Morgan fingerprint density at radius 3 is 2.50 bits per heavy atom. The molecular weight excluding hydrogens is 444 g/mol. The Balaban J connectivity index is 2.64. The van der Waals surface area contributed by atoms with E-state index in [9.17, 15) is 29.4 Å². The van der Waals surface area contributed by atoms with E-state index in [4.69, 9.17) is 14.2 Å². The Hall–Kier alpha value is -2.52. The van der Waals surface area contributed by atoms with E-state index in [2.05, 4.69) is 6.58 Å². The van der Waals surface area contributed by atoms with Crippen LogP contribution in [0.1, 0.15) is 60.8 Å². The molecule has 34 heavy (non-hydrogen) atoms. The first kappa shape index (κ1) is 27.7. The van der Waals surface area contributed by atoms with Gasteiger partial charge in [-0.25, -0.2) is 9.59 Å². The zero-order valence-electron chi connectivity index (χ0n) is 20.7. The van der Waals surface area contributed by atoms with Crippen molar-refractivity contribution in [3.05, 3.63) is 23.8 Å². The van der Waals surface area contributed by atoms with Crippen LogP contribution < -0.4 is 0 Å². The number of allylic oxidation sites excluding steroid dienone is 1. The van der Waals surface area contributed by atoms with Crippen molar-refractivity contribution in [2.75, 3.05) is 0 Å². The number of carbonyl (C=O) groups excluding carboxylic acids is 4. The van der Waals surface area contributed by atoms with Crippen LogP contribution in [0.5, 0.6) is 0 Å². The van der Waals surface area contributed by atoms with Crippen molar-refractivity contribution in [3.8, 4) is 0 Å². The van der Waals surface area contributed by atoms with Gasteiger partial charge in [0, 0.05) is 23.5 Å². The second kappa shape index (κ2) is 10.8. The highest BCUT2D eigenvalue weighted by Gasteiger charge is 2.57. The van der Waals surface area contributed by atoms with E-state index < -0.39 is 71.5 Å². The number of esters is 3. The molecule has 9 heteroatoms. The van der Waals surface area contributed by atoms with Crippen LogP contribution in [0.4, 0.5) is 0 Å². The number of hydrogen-bond acceptors (Lipinski definition) is 9. The average molecular weight is 481 g/mol. The minimum Gasteiger partial charge on any atom is -0.455 e. The molecule has 1 heterocycles. The Labute approximate surface area is 200 Å². The Kier molecular flexibility index (Phi) is 8.82. The van der Waals surface area contributed by atoms with Crippen molar-refractivity contribution in [2.24, 2.45) is 17.8 Å². The predicted molar refractivity (Wildman–Crippen MR) is 121 cm³/mol. The van der Waals surface area contributed by atoms with E-state index in [1.807, 2.05) is 0 Å². The number of carbonyl (C=O) groups is 4. The van der Waals surface area contributed by atoms with Crippen LogP contribution in [0.3, 0.4) is 0 Å². The lowest BCUT2D eigenvalue weighted by Gasteiger charge is -2.41. The standard InChI is InChI=1S/C25H36O9/c1-8-12(3)22(28)32-19-17-15(6)24(30)33-20(17)21(34-23(29)13(4)9-2)25(7,31)11-16(26)10-14(5)18(19)27/h8,13-14,16-17,19-21,26,31H,6,9-11H2,1-5,7H3. The van der Waals surface area contributed by atoms with Crippen molar-refractivity contribution < 1.29 is 43.6 Å². The second-order valence-electron chi connectivity index (χ2n) is 9.64. The molecule has 2 N–H and O–H groups in total. The highest BCUT2D eigenvalue weighted by Crippen LogP contribution is 2.41. The van der Waals surface area contributed by atoms with Crippen molar-refractivity contribution in [1.82, 2.24) is 0 Å². The SMILES string of the molecule is C=C1C(=O)OC2C1C(OC(=O)C(C)=CC)C(=O)C(C)CC(O)CC(C)(O)C2OC(=O)C(C)CC. The maximum atomic E-state index is 13.4. The van der Waals surface area contributed by atoms with Gasteiger partial charge in [0.15, 0.2) is 24.1 Å². The van der Waals surface area contributed by atoms with Crippen LogP contribution in [0.25, 0.3) is 0 Å². The van der Waals surface area contributed by atoms with Gasteiger partial charge in [-0.05, 0) is 33.6 Å². The van der Waals surface area contributed by atoms with Crippen molar-refractivity contribution in [3.63, 3.8) is 0 Å². The van der Waals surface area contributed by atoms with Crippen LogP contribution in [-0.2, 0) is 33.4 Å². The zero-order valence-corrected chi connectivity index (χ0v) is 20.7. The van der Waals surface area contributed by atoms with Gasteiger partial charge in [0.1, 0.15) is 5.60 Å². The monoisotopic (exact) mass is 480 g/mol. The summed E-state index contributed by atoms with van der Waals surface area (Å²) in [6, 6.07) is 0. The van der Waals surface area contributed by atoms with Crippen LogP contribution in [0.2, 0.25) is 0 Å². The van der Waals surface area contributed by atoms with E-state index in [1.165, 1.54) is 19.9 Å². The first-order chi connectivity index (χ1) is 15.7. The summed E-state index contributed by atoms with van der Waals surface area (Å²) in [6.45, 7) is 13.3. The maximum absolute atomic E-state index is 13.4. The second-order valence-corrected chi connectivity index (χ2v) is 9.64. The number of Topliss-reactive ketones (excluding diaryl/α,β-unsaturated/α-hetero) is 1. The van der Waals surface area contributed by atoms with Gasteiger partial charge in [-0.3, -0.25) is 9.59 Å². The molecule has 1 aliphatic heterocycles. The first-order valence-corrected chi connectivity index (χ1v) is 11.6. The molecule has 0 aromatic rings. The lowest BCUT2D eigenvalue weighted by Crippen LogP contribution is -2.57. The first-order valence-electron chi connectivity index (χ1n) is 11.6. The Morgan fingerprint density at radius 2 is 1.94 bits per heavy atom. The molecule has 190 valence electrons. The molecule has 0 aromatic heterocycles. The average Bonchev–Trinajstić information content (AvgIpc) is 3.05. The van der Waals surface area contributed by atoms with Crippen molar-refractivity contribution in [1.29, 1.82) is 0 Å². The van der Waals surface area contributed by atoms with Gasteiger partial charge in [-0.1, -0.05) is 33.4 Å². The smallest absolute Gasteiger partial charge is 0.334 e. The fraction of sp³-hybridized carbons (Fsp3) is 0.680. The summed E-state index contributed by atoms with van der Waals surface area (Å²) in [4.78, 5) is 51.3. The third-order valence-electron chi connectivity index (χ3n) is 6.79.